The molecule has 2 aromatic rings. The van der Waals surface area contributed by atoms with Crippen molar-refractivity contribution in [3.8, 4) is 5.75 Å². The fraction of sp³-hybridized carbons (Fsp3) is 0.444. The van der Waals surface area contributed by atoms with Gasteiger partial charge in [-0.2, -0.15) is 0 Å². The van der Waals surface area contributed by atoms with Crippen molar-refractivity contribution in [2.45, 2.75) is 13.5 Å². The molecular weight excluding hydrogens is 445 g/mol. The second kappa shape index (κ2) is 10.2. The Labute approximate surface area is 171 Å². The first kappa shape index (κ1) is 20.3. The molecule has 7 nitrogen and oxygen atoms in total. The number of aromatic nitrogens is 1. The van der Waals surface area contributed by atoms with Crippen molar-refractivity contribution in [1.82, 2.24) is 15.4 Å². The van der Waals surface area contributed by atoms with Crippen molar-refractivity contribution < 1.29 is 9.26 Å². The number of anilines is 1. The lowest BCUT2D eigenvalue weighted by atomic mass is 10.2. The van der Waals surface area contributed by atoms with Gasteiger partial charge in [0.15, 0.2) is 5.96 Å². The summed E-state index contributed by atoms with van der Waals surface area (Å²) in [5.74, 6) is 1.84. The van der Waals surface area contributed by atoms with Crippen LogP contribution in [-0.2, 0) is 6.54 Å². The fourth-order valence-electron chi connectivity index (χ4n) is 2.95. The third-order valence-electron chi connectivity index (χ3n) is 4.22. The second-order valence-corrected chi connectivity index (χ2v) is 5.81. The molecule has 0 unspecified atom stereocenters. The number of hydrogen-bond donors (Lipinski definition) is 1. The lowest BCUT2D eigenvalue weighted by molar-refractivity contribution is 0.366. The number of guanidine groups is 1. The summed E-state index contributed by atoms with van der Waals surface area (Å²) in [6, 6.07) is 10.0. The minimum atomic E-state index is 0. The van der Waals surface area contributed by atoms with E-state index >= 15 is 0 Å². The summed E-state index contributed by atoms with van der Waals surface area (Å²) in [4.78, 5) is 9.32. The molecule has 0 aliphatic carbocycles. The van der Waals surface area contributed by atoms with Crippen LogP contribution < -0.4 is 15.0 Å². The molecule has 1 fully saturated rings. The quantitative estimate of drug-likeness (QED) is 0.411. The summed E-state index contributed by atoms with van der Waals surface area (Å²) in [6.07, 6.45) is 1.57. The molecule has 0 saturated carbocycles. The van der Waals surface area contributed by atoms with Gasteiger partial charge in [-0.3, -0.25) is 0 Å². The molecule has 2 heterocycles. The Kier molecular flexibility index (Phi) is 8.02. The van der Waals surface area contributed by atoms with Crippen LogP contribution in [0.4, 0.5) is 5.69 Å². The van der Waals surface area contributed by atoms with E-state index in [0.717, 1.165) is 55.8 Å². The molecule has 0 bridgehead atoms. The van der Waals surface area contributed by atoms with Gasteiger partial charge in [0, 0.05) is 38.8 Å². The van der Waals surface area contributed by atoms with Gasteiger partial charge in [-0.15, -0.1) is 24.0 Å². The number of para-hydroxylation sites is 2. The van der Waals surface area contributed by atoms with E-state index in [0.29, 0.717) is 6.54 Å². The molecule has 1 N–H and O–H groups in total. The number of ether oxygens (including phenoxy) is 1. The number of rotatable bonds is 5. The average molecular weight is 471 g/mol. The van der Waals surface area contributed by atoms with E-state index in [2.05, 4.69) is 38.3 Å². The molecule has 0 spiro atoms. The molecule has 3 rings (SSSR count). The normalized spacial score (nSPS) is 14.8. The van der Waals surface area contributed by atoms with Gasteiger partial charge in [0.2, 0.25) is 0 Å². The summed E-state index contributed by atoms with van der Waals surface area (Å²) in [5.41, 5.74) is 1.98. The standard InChI is InChI=1S/C18H25N5O2.HI/c1-3-19-18(20-14-15-8-13-25-21-15)23-11-9-22(10-12-23)16-6-4-5-7-17(16)24-2;/h4-8,13H,3,9-12,14H2,1-2H3,(H,19,20);1H. The number of halogens is 1. The van der Waals surface area contributed by atoms with Crippen molar-refractivity contribution >= 4 is 35.6 Å². The van der Waals surface area contributed by atoms with E-state index in [-0.39, 0.29) is 24.0 Å². The minimum Gasteiger partial charge on any atom is -0.495 e. The lowest BCUT2D eigenvalue weighted by Crippen LogP contribution is -2.52. The number of nitrogens with zero attached hydrogens (tertiary/aromatic N) is 4. The van der Waals surface area contributed by atoms with Gasteiger partial charge in [-0.25, -0.2) is 4.99 Å². The Bertz CT molecular complexity index is 685. The van der Waals surface area contributed by atoms with Crippen molar-refractivity contribution in [2.75, 3.05) is 44.7 Å². The summed E-state index contributed by atoms with van der Waals surface area (Å²) >= 11 is 0. The first-order chi connectivity index (χ1) is 12.3. The highest BCUT2D eigenvalue weighted by Gasteiger charge is 2.21. The van der Waals surface area contributed by atoms with E-state index in [1.54, 1.807) is 13.4 Å². The molecule has 142 valence electrons. The topological polar surface area (TPSA) is 66.1 Å². The lowest BCUT2D eigenvalue weighted by Gasteiger charge is -2.38. The minimum absolute atomic E-state index is 0. The number of benzene rings is 1. The summed E-state index contributed by atoms with van der Waals surface area (Å²) in [6.45, 7) is 7.10. The Morgan fingerprint density at radius 1 is 1.23 bits per heavy atom. The molecule has 1 aromatic carbocycles. The second-order valence-electron chi connectivity index (χ2n) is 5.81. The molecule has 0 radical (unpaired) electrons. The number of aliphatic imine (C=N–C) groups is 1. The van der Waals surface area contributed by atoms with Crippen LogP contribution in [0.2, 0.25) is 0 Å². The first-order valence-electron chi connectivity index (χ1n) is 8.62. The van der Waals surface area contributed by atoms with Crippen LogP contribution in [0.5, 0.6) is 5.75 Å². The SMILES string of the molecule is CCNC(=NCc1ccon1)N1CCN(c2ccccc2OC)CC1.I. The average Bonchev–Trinajstić information content (AvgIpc) is 3.19. The smallest absolute Gasteiger partial charge is 0.194 e. The summed E-state index contributed by atoms with van der Waals surface area (Å²) in [5, 5.41) is 7.28. The van der Waals surface area contributed by atoms with Gasteiger partial charge in [0.1, 0.15) is 17.7 Å². The number of methoxy groups -OCH3 is 1. The van der Waals surface area contributed by atoms with E-state index in [4.69, 9.17) is 9.26 Å². The first-order valence-corrected chi connectivity index (χ1v) is 8.62. The summed E-state index contributed by atoms with van der Waals surface area (Å²) in [7, 11) is 1.72. The Morgan fingerprint density at radius 2 is 2.00 bits per heavy atom. The predicted octanol–water partition coefficient (Wildman–Crippen LogP) is 2.59. The van der Waals surface area contributed by atoms with E-state index in [1.807, 2.05) is 24.3 Å². The molecule has 26 heavy (non-hydrogen) atoms. The van der Waals surface area contributed by atoms with Crippen molar-refractivity contribution in [2.24, 2.45) is 4.99 Å². The zero-order chi connectivity index (χ0) is 17.5. The van der Waals surface area contributed by atoms with Gasteiger partial charge >= 0.3 is 0 Å². The van der Waals surface area contributed by atoms with Gasteiger partial charge < -0.3 is 24.4 Å². The van der Waals surface area contributed by atoms with E-state index < -0.39 is 0 Å². The highest BCUT2D eigenvalue weighted by molar-refractivity contribution is 14.0. The largest absolute Gasteiger partial charge is 0.495 e. The molecule has 8 heteroatoms. The fourth-order valence-corrected chi connectivity index (χ4v) is 2.95. The van der Waals surface area contributed by atoms with E-state index in [1.165, 1.54) is 0 Å². The molecule has 1 aromatic heterocycles. The highest BCUT2D eigenvalue weighted by Crippen LogP contribution is 2.28. The molecular formula is C18H26IN5O2. The number of hydrogen-bond acceptors (Lipinski definition) is 5. The third kappa shape index (κ3) is 5.03. The van der Waals surface area contributed by atoms with Crippen molar-refractivity contribution in [3.05, 3.63) is 42.3 Å². The molecule has 1 aliphatic rings. The van der Waals surface area contributed by atoms with Crippen molar-refractivity contribution in [1.29, 1.82) is 0 Å². The van der Waals surface area contributed by atoms with Gasteiger partial charge in [0.05, 0.1) is 19.3 Å². The van der Waals surface area contributed by atoms with Crippen LogP contribution in [0, 0.1) is 0 Å². The van der Waals surface area contributed by atoms with Gasteiger partial charge in [-0.05, 0) is 19.1 Å². The zero-order valence-electron chi connectivity index (χ0n) is 15.2. The summed E-state index contributed by atoms with van der Waals surface area (Å²) < 4.78 is 10.3. The molecule has 0 atom stereocenters. The predicted molar refractivity (Wildman–Crippen MR) is 114 cm³/mol. The number of nitrogens with one attached hydrogen (secondary N) is 1. The molecule has 1 saturated heterocycles. The Hall–Kier alpha value is -1.97. The zero-order valence-corrected chi connectivity index (χ0v) is 17.6. The maximum atomic E-state index is 5.48. The Morgan fingerprint density at radius 3 is 2.65 bits per heavy atom. The van der Waals surface area contributed by atoms with Crippen LogP contribution in [0.3, 0.4) is 0 Å². The maximum Gasteiger partial charge on any atom is 0.194 e. The van der Waals surface area contributed by atoms with Gasteiger partial charge in [0.25, 0.3) is 0 Å². The van der Waals surface area contributed by atoms with Crippen LogP contribution in [0.25, 0.3) is 0 Å². The van der Waals surface area contributed by atoms with E-state index in [9.17, 15) is 0 Å². The Balaban J connectivity index is 0.00000243. The highest BCUT2D eigenvalue weighted by atomic mass is 127. The van der Waals surface area contributed by atoms with Crippen LogP contribution >= 0.6 is 24.0 Å². The van der Waals surface area contributed by atoms with Crippen LogP contribution in [0.1, 0.15) is 12.6 Å². The third-order valence-corrected chi connectivity index (χ3v) is 4.22. The van der Waals surface area contributed by atoms with Crippen molar-refractivity contribution in [3.63, 3.8) is 0 Å². The molecule has 1 aliphatic heterocycles. The van der Waals surface area contributed by atoms with Crippen LogP contribution in [-0.4, -0.2) is 55.8 Å². The molecule has 0 amide bonds. The number of piperazine rings is 1. The monoisotopic (exact) mass is 471 g/mol. The van der Waals surface area contributed by atoms with Crippen LogP contribution in [0.15, 0.2) is 46.1 Å². The maximum absolute atomic E-state index is 5.48. The van der Waals surface area contributed by atoms with Gasteiger partial charge in [-0.1, -0.05) is 17.3 Å².